The van der Waals surface area contributed by atoms with Crippen LogP contribution in [0.2, 0.25) is 0 Å². The van der Waals surface area contributed by atoms with Crippen molar-refractivity contribution >= 4 is 32.3 Å². The lowest BCUT2D eigenvalue weighted by Gasteiger charge is -2.20. The Balaban J connectivity index is 1.95. The topological polar surface area (TPSA) is 79.1 Å². The van der Waals surface area contributed by atoms with E-state index >= 15 is 0 Å². The van der Waals surface area contributed by atoms with E-state index in [1.54, 1.807) is 12.1 Å². The molecule has 27 heavy (non-hydrogen) atoms. The second-order valence-corrected chi connectivity index (χ2v) is 8.12. The van der Waals surface area contributed by atoms with E-state index in [4.69, 9.17) is 5.73 Å². The second kappa shape index (κ2) is 6.83. The summed E-state index contributed by atoms with van der Waals surface area (Å²) in [6.07, 6.45) is 0. The summed E-state index contributed by atoms with van der Waals surface area (Å²) in [4.78, 5) is 15.2. The zero-order chi connectivity index (χ0) is 19.1. The number of aromatic nitrogens is 1. The van der Waals surface area contributed by atoms with Crippen LogP contribution in [0.1, 0.15) is 25.3 Å². The van der Waals surface area contributed by atoms with Crippen LogP contribution in [0, 0.1) is 5.92 Å². The lowest BCUT2D eigenvalue weighted by atomic mass is 9.87. The van der Waals surface area contributed by atoms with Crippen LogP contribution in [0.4, 0.5) is 0 Å². The molecule has 0 spiro atoms. The van der Waals surface area contributed by atoms with E-state index in [1.807, 2.05) is 23.6 Å². The van der Waals surface area contributed by atoms with Crippen LogP contribution in [0.15, 0.2) is 52.6 Å². The Bertz CT molecular complexity index is 1170. The fourth-order valence-corrected chi connectivity index (χ4v) is 4.61. The van der Waals surface area contributed by atoms with Crippen molar-refractivity contribution in [2.45, 2.75) is 19.8 Å². The molecule has 0 aliphatic carbocycles. The Labute approximate surface area is 161 Å². The molecular formula is C22H22N2O2S. The van der Waals surface area contributed by atoms with Crippen molar-refractivity contribution in [2.24, 2.45) is 11.7 Å². The molecule has 1 atom stereocenters. The van der Waals surface area contributed by atoms with Gasteiger partial charge in [-0.25, -0.2) is 0 Å². The van der Waals surface area contributed by atoms with Gasteiger partial charge in [0.2, 0.25) is 0 Å². The normalized spacial score (nSPS) is 12.9. The van der Waals surface area contributed by atoms with E-state index in [0.29, 0.717) is 23.1 Å². The zero-order valence-electron chi connectivity index (χ0n) is 15.3. The fourth-order valence-electron chi connectivity index (χ4n) is 3.82. The number of nitrogens with one attached hydrogen (secondary N) is 1. The van der Waals surface area contributed by atoms with Crippen molar-refractivity contribution in [3.05, 3.63) is 63.8 Å². The molecule has 4 N–H and O–H groups in total. The minimum absolute atomic E-state index is 0.0952. The molecule has 0 saturated heterocycles. The first-order chi connectivity index (χ1) is 13.0. The smallest absolute Gasteiger partial charge is 0.266 e. The van der Waals surface area contributed by atoms with E-state index in [9.17, 15) is 9.90 Å². The lowest BCUT2D eigenvalue weighted by molar-refractivity contribution is 0.478. The zero-order valence-corrected chi connectivity index (χ0v) is 16.1. The Morgan fingerprint density at radius 1 is 1.11 bits per heavy atom. The van der Waals surface area contributed by atoms with Crippen LogP contribution in [0.25, 0.3) is 32.1 Å². The van der Waals surface area contributed by atoms with Crippen molar-refractivity contribution in [3.63, 3.8) is 0 Å². The molecule has 0 aliphatic heterocycles. The molecular weight excluding hydrogens is 356 g/mol. The van der Waals surface area contributed by atoms with Gasteiger partial charge in [-0.3, -0.25) is 4.79 Å². The van der Waals surface area contributed by atoms with E-state index in [2.05, 4.69) is 31.0 Å². The summed E-state index contributed by atoms with van der Waals surface area (Å²) >= 11 is 1.41. The van der Waals surface area contributed by atoms with Crippen molar-refractivity contribution in [1.82, 2.24) is 4.98 Å². The Morgan fingerprint density at radius 3 is 2.52 bits per heavy atom. The Kier molecular flexibility index (Phi) is 4.50. The summed E-state index contributed by atoms with van der Waals surface area (Å²) in [5.41, 5.74) is 9.44. The summed E-state index contributed by atoms with van der Waals surface area (Å²) in [6.45, 7) is 4.95. The van der Waals surface area contributed by atoms with Gasteiger partial charge in [-0.05, 0) is 53.1 Å². The summed E-state index contributed by atoms with van der Waals surface area (Å²) in [7, 11) is 0. The highest BCUT2D eigenvalue weighted by molar-refractivity contribution is 7.17. The maximum atomic E-state index is 12.3. The number of nitrogens with two attached hydrogens (primary N) is 1. The highest BCUT2D eigenvalue weighted by Crippen LogP contribution is 2.40. The van der Waals surface area contributed by atoms with Crippen molar-refractivity contribution in [1.29, 1.82) is 0 Å². The third-order valence-corrected chi connectivity index (χ3v) is 6.17. The number of phenols is 1. The average Bonchev–Trinajstić information content (AvgIpc) is 3.14. The minimum atomic E-state index is -0.0952. The number of pyridine rings is 1. The van der Waals surface area contributed by atoms with Crippen molar-refractivity contribution < 1.29 is 5.11 Å². The van der Waals surface area contributed by atoms with Crippen LogP contribution in [-0.2, 0) is 0 Å². The molecule has 4 aromatic rings. The second-order valence-electron chi connectivity index (χ2n) is 7.21. The SMILES string of the molecule is CC(C)C(CN)c1ccc(-c2c(O)ccc3[nH]c(=O)c4sccc4c23)cc1. The molecule has 1 unspecified atom stereocenters. The third-order valence-electron chi connectivity index (χ3n) is 5.26. The van der Waals surface area contributed by atoms with E-state index in [1.165, 1.54) is 16.9 Å². The summed E-state index contributed by atoms with van der Waals surface area (Å²) in [5.74, 6) is 0.969. The summed E-state index contributed by atoms with van der Waals surface area (Å²) < 4.78 is 0.675. The van der Waals surface area contributed by atoms with Crippen LogP contribution >= 0.6 is 11.3 Å². The Hall–Kier alpha value is -2.63. The first-order valence-electron chi connectivity index (χ1n) is 9.06. The van der Waals surface area contributed by atoms with Gasteiger partial charge in [0.1, 0.15) is 10.4 Å². The Morgan fingerprint density at radius 2 is 1.85 bits per heavy atom. The molecule has 138 valence electrons. The maximum absolute atomic E-state index is 12.3. The number of phenolic OH excluding ortho intramolecular Hbond substituents is 1. The highest BCUT2D eigenvalue weighted by Gasteiger charge is 2.17. The molecule has 2 aromatic carbocycles. The molecule has 0 fully saturated rings. The molecule has 0 amide bonds. The number of aromatic hydroxyl groups is 1. The van der Waals surface area contributed by atoms with Gasteiger partial charge in [-0.1, -0.05) is 38.1 Å². The van der Waals surface area contributed by atoms with Crippen LogP contribution in [-0.4, -0.2) is 16.6 Å². The average molecular weight is 378 g/mol. The van der Waals surface area contributed by atoms with Crippen LogP contribution < -0.4 is 11.3 Å². The van der Waals surface area contributed by atoms with Gasteiger partial charge in [0.25, 0.3) is 5.56 Å². The summed E-state index contributed by atoms with van der Waals surface area (Å²) in [5, 5.41) is 14.3. The van der Waals surface area contributed by atoms with Gasteiger partial charge in [0, 0.05) is 21.9 Å². The number of aromatic amines is 1. The first kappa shape index (κ1) is 17.8. The number of thiophene rings is 1. The highest BCUT2D eigenvalue weighted by atomic mass is 32.1. The maximum Gasteiger partial charge on any atom is 0.266 e. The third kappa shape index (κ3) is 2.93. The standard InChI is InChI=1S/C22H22N2O2S/c1-12(2)16(11-23)13-3-5-14(6-4-13)19-18(25)8-7-17-20(19)15-9-10-27-21(15)22(26)24-17/h3-10,12,16,25H,11,23H2,1-2H3,(H,24,26). The van der Waals surface area contributed by atoms with E-state index in [0.717, 1.165) is 27.4 Å². The summed E-state index contributed by atoms with van der Waals surface area (Å²) in [6, 6.07) is 13.6. The molecule has 0 radical (unpaired) electrons. The molecule has 0 bridgehead atoms. The van der Waals surface area contributed by atoms with E-state index in [-0.39, 0.29) is 11.3 Å². The van der Waals surface area contributed by atoms with Crippen LogP contribution in [0.3, 0.4) is 0 Å². The largest absolute Gasteiger partial charge is 0.507 e. The molecule has 4 rings (SSSR count). The minimum Gasteiger partial charge on any atom is -0.507 e. The predicted octanol–water partition coefficient (Wildman–Crippen LogP) is 4.81. The number of benzene rings is 2. The lowest BCUT2D eigenvalue weighted by Crippen LogP contribution is -2.17. The predicted molar refractivity (Wildman–Crippen MR) is 114 cm³/mol. The molecule has 2 heterocycles. The van der Waals surface area contributed by atoms with Gasteiger partial charge in [-0.15, -0.1) is 11.3 Å². The molecule has 0 saturated carbocycles. The number of hydrogen-bond acceptors (Lipinski definition) is 4. The molecule has 4 nitrogen and oxygen atoms in total. The van der Waals surface area contributed by atoms with Gasteiger partial charge >= 0.3 is 0 Å². The van der Waals surface area contributed by atoms with Gasteiger partial charge in [-0.2, -0.15) is 0 Å². The molecule has 2 aromatic heterocycles. The first-order valence-corrected chi connectivity index (χ1v) is 9.94. The number of rotatable bonds is 4. The van der Waals surface area contributed by atoms with Crippen molar-refractivity contribution in [2.75, 3.05) is 6.54 Å². The quantitative estimate of drug-likeness (QED) is 0.477. The van der Waals surface area contributed by atoms with Crippen LogP contribution in [0.5, 0.6) is 5.75 Å². The monoisotopic (exact) mass is 378 g/mol. The number of fused-ring (bicyclic) bond motifs is 3. The van der Waals surface area contributed by atoms with Gasteiger partial charge in [0.15, 0.2) is 0 Å². The number of hydrogen-bond donors (Lipinski definition) is 3. The molecule has 0 aliphatic rings. The van der Waals surface area contributed by atoms with E-state index < -0.39 is 0 Å². The number of H-pyrrole nitrogens is 1. The fraction of sp³-hybridized carbons (Fsp3) is 0.227. The van der Waals surface area contributed by atoms with Gasteiger partial charge < -0.3 is 15.8 Å². The van der Waals surface area contributed by atoms with Gasteiger partial charge in [0.05, 0.1) is 0 Å². The van der Waals surface area contributed by atoms with Crippen molar-refractivity contribution in [3.8, 4) is 16.9 Å². The molecule has 5 heteroatoms.